The number of aromatic nitrogens is 1. The summed E-state index contributed by atoms with van der Waals surface area (Å²) in [6.45, 7) is 0.914. The van der Waals surface area contributed by atoms with E-state index in [1.54, 1.807) is 18.3 Å². The van der Waals surface area contributed by atoms with Gasteiger partial charge >= 0.3 is 0 Å². The second kappa shape index (κ2) is 4.00. The van der Waals surface area contributed by atoms with Gasteiger partial charge in [-0.05, 0) is 37.3 Å². The van der Waals surface area contributed by atoms with Crippen LogP contribution in [0.3, 0.4) is 0 Å². The van der Waals surface area contributed by atoms with Crippen molar-refractivity contribution in [2.24, 2.45) is 11.8 Å². The van der Waals surface area contributed by atoms with E-state index in [9.17, 15) is 4.79 Å². The number of amides is 1. The van der Waals surface area contributed by atoms with Crippen LogP contribution in [0.5, 0.6) is 0 Å². The van der Waals surface area contributed by atoms with E-state index in [0.29, 0.717) is 17.4 Å². The number of nitrogens with one attached hydrogen (secondary N) is 1. The highest BCUT2D eigenvalue weighted by molar-refractivity contribution is 5.95. The fourth-order valence-corrected chi connectivity index (χ4v) is 2.98. The second-order valence-corrected chi connectivity index (χ2v) is 4.86. The number of pyridine rings is 1. The van der Waals surface area contributed by atoms with E-state index in [0.717, 1.165) is 18.9 Å². The summed E-state index contributed by atoms with van der Waals surface area (Å²) in [5, 5.41) is 0. The van der Waals surface area contributed by atoms with E-state index in [1.165, 1.54) is 12.8 Å². The summed E-state index contributed by atoms with van der Waals surface area (Å²) in [6.07, 6.45) is 5.22. The Kier molecular flexibility index (Phi) is 2.48. The third kappa shape index (κ3) is 1.76. The van der Waals surface area contributed by atoms with Gasteiger partial charge in [-0.1, -0.05) is 0 Å². The monoisotopic (exact) mass is 232 g/mol. The highest BCUT2D eigenvalue weighted by Gasteiger charge is 2.40. The minimum atomic E-state index is 0.108. The molecule has 1 saturated carbocycles. The van der Waals surface area contributed by atoms with Gasteiger partial charge in [0.15, 0.2) is 0 Å². The minimum absolute atomic E-state index is 0.108. The molecule has 2 bridgehead atoms. The van der Waals surface area contributed by atoms with Crippen LogP contribution in [0.25, 0.3) is 0 Å². The molecule has 1 amide bonds. The van der Waals surface area contributed by atoms with Crippen molar-refractivity contribution in [2.75, 3.05) is 12.0 Å². The largest absolute Gasteiger partial charge is 0.335 e. The molecule has 17 heavy (non-hydrogen) atoms. The number of fused-ring (bicyclic) bond motifs is 2. The standard InChI is InChI=1S/C12H16N4O/c13-15-11-6-9(3-4-14-11)12(17)16-7-8-1-2-10(16)5-8/h3-4,6,8,10H,1-2,5,7,13H2,(H,14,15). The van der Waals surface area contributed by atoms with Crippen molar-refractivity contribution in [3.63, 3.8) is 0 Å². The van der Waals surface area contributed by atoms with Crippen molar-refractivity contribution in [1.82, 2.24) is 9.88 Å². The molecule has 2 unspecified atom stereocenters. The molecule has 2 atom stereocenters. The molecule has 0 radical (unpaired) electrons. The first-order valence-corrected chi connectivity index (χ1v) is 6.01. The SMILES string of the molecule is NNc1cc(C(=O)N2CC3CCC2C3)ccn1. The van der Waals surface area contributed by atoms with E-state index < -0.39 is 0 Å². The van der Waals surface area contributed by atoms with E-state index in [-0.39, 0.29) is 5.91 Å². The molecule has 2 heterocycles. The molecule has 1 aromatic heterocycles. The summed E-state index contributed by atoms with van der Waals surface area (Å²) in [5.41, 5.74) is 3.13. The zero-order chi connectivity index (χ0) is 11.8. The summed E-state index contributed by atoms with van der Waals surface area (Å²) in [6, 6.07) is 3.90. The molecule has 0 aromatic carbocycles. The molecule has 1 saturated heterocycles. The van der Waals surface area contributed by atoms with Crippen molar-refractivity contribution in [3.05, 3.63) is 23.9 Å². The number of nitrogen functional groups attached to an aromatic ring is 1. The number of hydrazine groups is 1. The maximum Gasteiger partial charge on any atom is 0.254 e. The van der Waals surface area contributed by atoms with Crippen LogP contribution in [0.1, 0.15) is 29.6 Å². The highest BCUT2D eigenvalue weighted by Crippen LogP contribution is 2.38. The fourth-order valence-electron chi connectivity index (χ4n) is 2.98. The van der Waals surface area contributed by atoms with Gasteiger partial charge in [-0.15, -0.1) is 0 Å². The molecule has 3 N–H and O–H groups in total. The number of carbonyl (C=O) groups is 1. The van der Waals surface area contributed by atoms with Crippen molar-refractivity contribution in [1.29, 1.82) is 0 Å². The molecule has 3 rings (SSSR count). The van der Waals surface area contributed by atoms with Crippen molar-refractivity contribution >= 4 is 11.7 Å². The number of hydrogen-bond acceptors (Lipinski definition) is 4. The van der Waals surface area contributed by atoms with Crippen molar-refractivity contribution < 1.29 is 4.79 Å². The Balaban J connectivity index is 1.81. The Hall–Kier alpha value is -1.62. The van der Waals surface area contributed by atoms with E-state index >= 15 is 0 Å². The third-order valence-electron chi connectivity index (χ3n) is 3.82. The number of anilines is 1. The number of rotatable bonds is 2. The molecule has 5 heteroatoms. The number of carbonyl (C=O) groups excluding carboxylic acids is 1. The fraction of sp³-hybridized carbons (Fsp3) is 0.500. The maximum atomic E-state index is 12.3. The zero-order valence-corrected chi connectivity index (χ0v) is 9.60. The topological polar surface area (TPSA) is 71.2 Å². The number of likely N-dealkylation sites (tertiary alicyclic amines) is 1. The summed E-state index contributed by atoms with van der Waals surface area (Å²) in [5.74, 6) is 6.65. The van der Waals surface area contributed by atoms with Gasteiger partial charge in [-0.2, -0.15) is 0 Å². The van der Waals surface area contributed by atoms with Crippen LogP contribution in [0.2, 0.25) is 0 Å². The number of piperidine rings is 1. The van der Waals surface area contributed by atoms with Crippen molar-refractivity contribution in [2.45, 2.75) is 25.3 Å². The number of hydrogen-bond donors (Lipinski definition) is 2. The second-order valence-electron chi connectivity index (χ2n) is 4.86. The third-order valence-corrected chi connectivity index (χ3v) is 3.82. The average molecular weight is 232 g/mol. The number of nitrogens with zero attached hydrogens (tertiary/aromatic N) is 2. The Bertz CT molecular complexity index is 448. The first kappa shape index (κ1) is 10.5. The molecule has 0 spiro atoms. The average Bonchev–Trinajstić information content (AvgIpc) is 3.00. The Morgan fingerprint density at radius 2 is 2.41 bits per heavy atom. The lowest BCUT2D eigenvalue weighted by molar-refractivity contribution is 0.0703. The van der Waals surface area contributed by atoms with Gasteiger partial charge in [0, 0.05) is 24.3 Å². The van der Waals surface area contributed by atoms with Gasteiger partial charge in [0.25, 0.3) is 5.91 Å². The maximum absolute atomic E-state index is 12.3. The summed E-state index contributed by atoms with van der Waals surface area (Å²) in [7, 11) is 0. The van der Waals surface area contributed by atoms with Crippen molar-refractivity contribution in [3.8, 4) is 0 Å². The summed E-state index contributed by atoms with van der Waals surface area (Å²) >= 11 is 0. The summed E-state index contributed by atoms with van der Waals surface area (Å²) in [4.78, 5) is 18.3. The van der Waals surface area contributed by atoms with Crippen LogP contribution in [0.4, 0.5) is 5.82 Å². The van der Waals surface area contributed by atoms with Gasteiger partial charge < -0.3 is 10.3 Å². The molecular formula is C12H16N4O. The lowest BCUT2D eigenvalue weighted by atomic mass is 10.1. The van der Waals surface area contributed by atoms with Gasteiger partial charge in [-0.25, -0.2) is 10.8 Å². The molecule has 1 aliphatic carbocycles. The van der Waals surface area contributed by atoms with Crippen LogP contribution in [0.15, 0.2) is 18.3 Å². The van der Waals surface area contributed by atoms with Crippen LogP contribution in [-0.4, -0.2) is 28.4 Å². The lowest BCUT2D eigenvalue weighted by Crippen LogP contribution is -2.37. The Labute approximate surface area is 100.0 Å². The summed E-state index contributed by atoms with van der Waals surface area (Å²) < 4.78 is 0. The molecule has 1 aliphatic heterocycles. The molecule has 2 aliphatic rings. The first-order valence-electron chi connectivity index (χ1n) is 6.01. The lowest BCUT2D eigenvalue weighted by Gasteiger charge is -2.27. The van der Waals surface area contributed by atoms with Gasteiger partial charge in [0.2, 0.25) is 0 Å². The molecule has 90 valence electrons. The molecule has 5 nitrogen and oxygen atoms in total. The highest BCUT2D eigenvalue weighted by atomic mass is 16.2. The van der Waals surface area contributed by atoms with E-state index in [1.807, 2.05) is 4.90 Å². The van der Waals surface area contributed by atoms with Crippen LogP contribution >= 0.6 is 0 Å². The predicted molar refractivity (Wildman–Crippen MR) is 64.2 cm³/mol. The molecule has 1 aromatic rings. The van der Waals surface area contributed by atoms with Crippen LogP contribution in [0, 0.1) is 5.92 Å². The predicted octanol–water partition coefficient (Wildman–Crippen LogP) is 0.992. The number of nitrogens with two attached hydrogens (primary N) is 1. The Morgan fingerprint density at radius 1 is 1.53 bits per heavy atom. The molecule has 2 fully saturated rings. The van der Waals surface area contributed by atoms with Gasteiger partial charge in [0.1, 0.15) is 5.82 Å². The first-order chi connectivity index (χ1) is 8.28. The smallest absolute Gasteiger partial charge is 0.254 e. The normalized spacial score (nSPS) is 26.3. The zero-order valence-electron chi connectivity index (χ0n) is 9.60. The van der Waals surface area contributed by atoms with Gasteiger partial charge in [-0.3, -0.25) is 4.79 Å². The van der Waals surface area contributed by atoms with E-state index in [4.69, 9.17) is 5.84 Å². The quantitative estimate of drug-likeness (QED) is 0.589. The van der Waals surface area contributed by atoms with Crippen LogP contribution in [-0.2, 0) is 0 Å². The van der Waals surface area contributed by atoms with Crippen LogP contribution < -0.4 is 11.3 Å². The molecular weight excluding hydrogens is 216 g/mol. The van der Waals surface area contributed by atoms with E-state index in [2.05, 4.69) is 10.4 Å². The Morgan fingerprint density at radius 3 is 3.06 bits per heavy atom. The minimum Gasteiger partial charge on any atom is -0.335 e. The van der Waals surface area contributed by atoms with Gasteiger partial charge in [0.05, 0.1) is 0 Å².